The lowest BCUT2D eigenvalue weighted by atomic mass is 9.92. The van der Waals surface area contributed by atoms with E-state index in [0.29, 0.717) is 15.7 Å². The van der Waals surface area contributed by atoms with Crippen molar-refractivity contribution in [3.05, 3.63) is 58.6 Å². The average Bonchev–Trinajstić information content (AvgIpc) is 3.19. The molecule has 3 atom stereocenters. The average molecular weight is 419 g/mol. The summed E-state index contributed by atoms with van der Waals surface area (Å²) in [5.74, 6) is -1.17. The van der Waals surface area contributed by atoms with Gasteiger partial charge in [0.05, 0.1) is 33.4 Å². The van der Waals surface area contributed by atoms with Gasteiger partial charge < -0.3 is 0 Å². The molecular formula is C21H20Cl2N2O3. The number of carbonyl (C=O) groups is 2. The molecule has 0 unspecified atom stereocenters. The van der Waals surface area contributed by atoms with Crippen LogP contribution in [0.25, 0.3) is 0 Å². The molecule has 0 radical (unpaired) electrons. The van der Waals surface area contributed by atoms with Crippen molar-refractivity contribution in [2.45, 2.75) is 38.3 Å². The molecule has 0 aromatic heterocycles. The number of para-hydroxylation sites is 1. The summed E-state index contributed by atoms with van der Waals surface area (Å²) in [4.78, 5) is 33.5. The van der Waals surface area contributed by atoms with E-state index in [1.54, 1.807) is 17.2 Å². The first-order valence-corrected chi connectivity index (χ1v) is 10.1. The Morgan fingerprint density at radius 3 is 2.39 bits per heavy atom. The Morgan fingerprint density at radius 1 is 0.964 bits per heavy atom. The van der Waals surface area contributed by atoms with Crippen molar-refractivity contribution in [3.63, 3.8) is 0 Å². The van der Waals surface area contributed by atoms with Crippen LogP contribution in [0, 0.1) is 5.92 Å². The topological polar surface area (TPSA) is 49.9 Å². The molecule has 5 nitrogen and oxygen atoms in total. The van der Waals surface area contributed by atoms with Crippen molar-refractivity contribution in [1.29, 1.82) is 0 Å². The molecule has 2 fully saturated rings. The van der Waals surface area contributed by atoms with Crippen LogP contribution in [0.3, 0.4) is 0 Å². The molecule has 0 spiro atoms. The molecule has 4 rings (SSSR count). The third-order valence-corrected chi connectivity index (χ3v) is 6.00. The van der Waals surface area contributed by atoms with Crippen molar-refractivity contribution in [2.75, 3.05) is 9.96 Å². The van der Waals surface area contributed by atoms with Gasteiger partial charge in [0.1, 0.15) is 0 Å². The second kappa shape index (κ2) is 7.74. The van der Waals surface area contributed by atoms with Crippen LogP contribution in [0.1, 0.15) is 26.2 Å². The van der Waals surface area contributed by atoms with Crippen LogP contribution in [0.2, 0.25) is 10.0 Å². The molecule has 2 aromatic rings. The lowest BCUT2D eigenvalue weighted by Crippen LogP contribution is -2.40. The highest BCUT2D eigenvalue weighted by atomic mass is 35.5. The van der Waals surface area contributed by atoms with Gasteiger partial charge in [0.25, 0.3) is 5.91 Å². The Labute approximate surface area is 173 Å². The van der Waals surface area contributed by atoms with E-state index in [-0.39, 0.29) is 17.9 Å². The summed E-state index contributed by atoms with van der Waals surface area (Å²) in [6, 6.07) is 14.1. The number of fused-ring (bicyclic) bond motifs is 1. The van der Waals surface area contributed by atoms with E-state index >= 15 is 0 Å². The Hall–Kier alpha value is -2.08. The standard InChI is InChI=1S/C21H20Cl2N2O3/c1-2-3-9-17-18-19(28-25(17)13-7-5-4-6-8-13)21(27)24(20(18)26)14-10-11-15(22)16(23)12-14/h4-8,10-12,17-19H,2-3,9H2,1H3/t17-,18+,19-/m1/s1. The minimum Gasteiger partial charge on any atom is -0.273 e. The zero-order valence-electron chi connectivity index (χ0n) is 15.3. The monoisotopic (exact) mass is 418 g/mol. The SMILES string of the molecule is CCCC[C@@H]1[C@@H]2C(=O)N(c3ccc(Cl)c(Cl)c3)C(=O)[C@@H]2ON1c1ccccc1. The smallest absolute Gasteiger partial charge is 0.266 e. The molecule has 0 N–H and O–H groups in total. The molecule has 0 aliphatic carbocycles. The number of anilines is 2. The first-order chi connectivity index (χ1) is 13.5. The number of benzene rings is 2. The molecule has 2 aromatic carbocycles. The number of hydroxylamine groups is 1. The third-order valence-electron chi connectivity index (χ3n) is 5.26. The van der Waals surface area contributed by atoms with E-state index in [1.165, 1.54) is 11.0 Å². The first kappa shape index (κ1) is 19.2. The number of rotatable bonds is 5. The van der Waals surface area contributed by atoms with Crippen molar-refractivity contribution in [2.24, 2.45) is 5.92 Å². The third kappa shape index (κ3) is 3.17. The van der Waals surface area contributed by atoms with Gasteiger partial charge in [-0.25, -0.2) is 9.96 Å². The summed E-state index contributed by atoms with van der Waals surface area (Å²) >= 11 is 12.1. The Kier molecular flexibility index (Phi) is 5.32. The number of hydrogen-bond donors (Lipinski definition) is 0. The van der Waals surface area contributed by atoms with Gasteiger partial charge in [-0.05, 0) is 36.8 Å². The summed E-state index contributed by atoms with van der Waals surface area (Å²) in [5.41, 5.74) is 1.27. The first-order valence-electron chi connectivity index (χ1n) is 9.37. The van der Waals surface area contributed by atoms with E-state index in [9.17, 15) is 9.59 Å². The minimum absolute atomic E-state index is 0.198. The summed E-state index contributed by atoms with van der Waals surface area (Å²) in [7, 11) is 0. The highest BCUT2D eigenvalue weighted by Gasteiger charge is 2.59. The lowest BCUT2D eigenvalue weighted by Gasteiger charge is -2.28. The molecule has 7 heteroatoms. The highest BCUT2D eigenvalue weighted by Crippen LogP contribution is 2.42. The summed E-state index contributed by atoms with van der Waals surface area (Å²) in [6.45, 7) is 2.10. The predicted octanol–water partition coefficient (Wildman–Crippen LogP) is 4.86. The molecule has 2 heterocycles. The van der Waals surface area contributed by atoms with Gasteiger partial charge >= 0.3 is 0 Å². The largest absolute Gasteiger partial charge is 0.273 e. The summed E-state index contributed by atoms with van der Waals surface area (Å²) < 4.78 is 0. The Bertz CT molecular complexity index is 906. The van der Waals surface area contributed by atoms with E-state index in [0.717, 1.165) is 24.9 Å². The molecule has 2 aliphatic heterocycles. The van der Waals surface area contributed by atoms with E-state index in [1.807, 2.05) is 30.3 Å². The molecule has 0 bridgehead atoms. The van der Waals surface area contributed by atoms with Gasteiger partial charge in [0.15, 0.2) is 6.10 Å². The number of hydrogen-bond acceptors (Lipinski definition) is 4. The van der Waals surface area contributed by atoms with Gasteiger partial charge in [-0.2, -0.15) is 0 Å². The van der Waals surface area contributed by atoms with Crippen molar-refractivity contribution < 1.29 is 14.4 Å². The normalized spacial score (nSPS) is 24.2. The van der Waals surface area contributed by atoms with Crippen molar-refractivity contribution in [1.82, 2.24) is 0 Å². The van der Waals surface area contributed by atoms with Gasteiger partial charge in [-0.3, -0.25) is 14.4 Å². The molecule has 28 heavy (non-hydrogen) atoms. The van der Waals surface area contributed by atoms with Gasteiger partial charge in [0.2, 0.25) is 5.91 Å². The number of halogens is 2. The second-order valence-electron chi connectivity index (χ2n) is 7.03. The van der Waals surface area contributed by atoms with Crippen molar-refractivity contribution in [3.8, 4) is 0 Å². The van der Waals surface area contributed by atoms with Crippen LogP contribution in [-0.4, -0.2) is 24.0 Å². The number of unbranched alkanes of at least 4 members (excludes halogenated alkanes) is 1. The minimum atomic E-state index is -0.830. The molecule has 2 amide bonds. The fraction of sp³-hybridized carbons (Fsp3) is 0.333. The molecule has 0 saturated carbocycles. The predicted molar refractivity (Wildman–Crippen MR) is 110 cm³/mol. The van der Waals surface area contributed by atoms with Crippen LogP contribution >= 0.6 is 23.2 Å². The number of imide groups is 1. The molecule has 2 saturated heterocycles. The fourth-order valence-corrected chi connectivity index (χ4v) is 4.20. The number of nitrogens with zero attached hydrogens (tertiary/aromatic N) is 2. The number of carbonyl (C=O) groups excluding carboxylic acids is 2. The van der Waals surface area contributed by atoms with E-state index in [2.05, 4.69) is 6.92 Å². The van der Waals surface area contributed by atoms with Crippen molar-refractivity contribution >= 4 is 46.4 Å². The molecule has 146 valence electrons. The lowest BCUT2D eigenvalue weighted by molar-refractivity contribution is -0.126. The number of amides is 2. The van der Waals surface area contributed by atoms with E-state index in [4.69, 9.17) is 28.0 Å². The quantitative estimate of drug-likeness (QED) is 0.650. The fourth-order valence-electron chi connectivity index (χ4n) is 3.91. The van der Waals surface area contributed by atoms with Gasteiger partial charge in [0, 0.05) is 0 Å². The Morgan fingerprint density at radius 2 is 1.71 bits per heavy atom. The Balaban J connectivity index is 1.68. The van der Waals surface area contributed by atoms with Crippen LogP contribution in [-0.2, 0) is 14.4 Å². The molecule has 2 aliphatic rings. The highest BCUT2D eigenvalue weighted by molar-refractivity contribution is 6.42. The molecular weight excluding hydrogens is 399 g/mol. The maximum atomic E-state index is 13.3. The van der Waals surface area contributed by atoms with Gasteiger partial charge in [-0.1, -0.05) is 61.2 Å². The zero-order chi connectivity index (χ0) is 19.8. The van der Waals surface area contributed by atoms with Gasteiger partial charge in [-0.15, -0.1) is 0 Å². The van der Waals surface area contributed by atoms with Crippen LogP contribution in [0.15, 0.2) is 48.5 Å². The van der Waals surface area contributed by atoms with Crippen LogP contribution in [0.4, 0.5) is 11.4 Å². The second-order valence-corrected chi connectivity index (χ2v) is 7.85. The van der Waals surface area contributed by atoms with Crippen LogP contribution in [0.5, 0.6) is 0 Å². The zero-order valence-corrected chi connectivity index (χ0v) is 16.9. The maximum Gasteiger partial charge on any atom is 0.266 e. The van der Waals surface area contributed by atoms with E-state index < -0.39 is 12.0 Å². The summed E-state index contributed by atoms with van der Waals surface area (Å²) in [6.07, 6.45) is 1.87. The maximum absolute atomic E-state index is 13.3. The summed E-state index contributed by atoms with van der Waals surface area (Å²) in [5, 5.41) is 2.41. The van der Waals surface area contributed by atoms with Crippen LogP contribution < -0.4 is 9.96 Å².